The van der Waals surface area contributed by atoms with Crippen LogP contribution in [0.5, 0.6) is 0 Å². The van der Waals surface area contributed by atoms with Crippen molar-refractivity contribution in [2.24, 2.45) is 5.92 Å². The minimum Gasteiger partial charge on any atom is -0.383 e. The Labute approximate surface area is 146 Å². The van der Waals surface area contributed by atoms with Gasteiger partial charge in [-0.3, -0.25) is 9.59 Å². The van der Waals surface area contributed by atoms with Crippen LogP contribution in [-0.2, 0) is 9.53 Å². The topological polar surface area (TPSA) is 79.5 Å². The molecule has 1 aromatic carbocycles. The van der Waals surface area contributed by atoms with Crippen LogP contribution in [0.15, 0.2) is 18.2 Å². The van der Waals surface area contributed by atoms with Crippen molar-refractivity contribution in [2.45, 2.75) is 19.9 Å². The van der Waals surface area contributed by atoms with E-state index in [1.54, 1.807) is 21.0 Å². The lowest BCUT2D eigenvalue weighted by Crippen LogP contribution is -2.51. The minimum absolute atomic E-state index is 0.250. The summed E-state index contributed by atoms with van der Waals surface area (Å²) in [6.45, 7) is 5.58. The van der Waals surface area contributed by atoms with E-state index in [9.17, 15) is 18.4 Å². The van der Waals surface area contributed by atoms with Gasteiger partial charge in [-0.2, -0.15) is 0 Å². The van der Waals surface area contributed by atoms with Crippen molar-refractivity contribution in [1.29, 1.82) is 0 Å². The van der Waals surface area contributed by atoms with Gasteiger partial charge in [0, 0.05) is 26.7 Å². The second-order valence-electron chi connectivity index (χ2n) is 5.83. The molecular weight excluding hydrogens is 332 g/mol. The average Bonchev–Trinajstić information content (AvgIpc) is 2.55. The van der Waals surface area contributed by atoms with E-state index in [2.05, 4.69) is 16.0 Å². The molecule has 0 saturated carbocycles. The number of carbonyl (C=O) groups is 2. The molecule has 0 aromatic heterocycles. The molecule has 1 aromatic rings. The van der Waals surface area contributed by atoms with E-state index in [0.29, 0.717) is 26.2 Å². The monoisotopic (exact) mass is 357 g/mol. The van der Waals surface area contributed by atoms with Crippen LogP contribution >= 0.6 is 0 Å². The molecule has 0 aliphatic heterocycles. The molecule has 0 aliphatic rings. The first-order valence-corrected chi connectivity index (χ1v) is 8.10. The standard InChI is InChI=1S/C17H25F2N3O3/c1-11(2)15(17(24)21-8-7-20-9-10-25-3)22-16(23)14-12(18)5-4-6-13(14)19/h4-6,11,15,20H,7-10H2,1-3H3,(H,21,24)(H,22,23). The van der Waals surface area contributed by atoms with Crippen molar-refractivity contribution in [3.63, 3.8) is 0 Å². The van der Waals surface area contributed by atoms with Crippen LogP contribution in [0.2, 0.25) is 0 Å². The highest BCUT2D eigenvalue weighted by Gasteiger charge is 2.26. The van der Waals surface area contributed by atoms with Gasteiger partial charge in [-0.25, -0.2) is 8.78 Å². The molecule has 6 nitrogen and oxygen atoms in total. The van der Waals surface area contributed by atoms with Gasteiger partial charge in [-0.1, -0.05) is 19.9 Å². The Balaban J connectivity index is 2.61. The van der Waals surface area contributed by atoms with Gasteiger partial charge in [0.2, 0.25) is 5.91 Å². The summed E-state index contributed by atoms with van der Waals surface area (Å²) in [5, 5.41) is 8.15. The molecule has 0 bridgehead atoms. The molecule has 2 amide bonds. The lowest BCUT2D eigenvalue weighted by Gasteiger charge is -2.22. The SMILES string of the molecule is COCCNCCNC(=O)C(NC(=O)c1c(F)cccc1F)C(C)C. The van der Waals surface area contributed by atoms with Crippen molar-refractivity contribution >= 4 is 11.8 Å². The quantitative estimate of drug-likeness (QED) is 0.548. The number of methoxy groups -OCH3 is 1. The third-order valence-electron chi connectivity index (χ3n) is 3.51. The fourth-order valence-electron chi connectivity index (χ4n) is 2.15. The average molecular weight is 357 g/mol. The van der Waals surface area contributed by atoms with Crippen LogP contribution in [0.25, 0.3) is 0 Å². The van der Waals surface area contributed by atoms with E-state index in [1.165, 1.54) is 6.07 Å². The Bertz CT molecular complexity index is 562. The number of hydrogen-bond donors (Lipinski definition) is 3. The molecule has 0 fully saturated rings. The molecule has 1 atom stereocenters. The first kappa shape index (κ1) is 21.0. The Morgan fingerprint density at radius 3 is 2.32 bits per heavy atom. The van der Waals surface area contributed by atoms with E-state index >= 15 is 0 Å². The maximum Gasteiger partial charge on any atom is 0.257 e. The van der Waals surface area contributed by atoms with Gasteiger partial charge in [0.25, 0.3) is 5.91 Å². The number of amides is 2. The number of rotatable bonds is 10. The predicted octanol–water partition coefficient (Wildman–Crippen LogP) is 1.07. The van der Waals surface area contributed by atoms with Gasteiger partial charge in [0.15, 0.2) is 0 Å². The van der Waals surface area contributed by atoms with E-state index in [4.69, 9.17) is 4.74 Å². The van der Waals surface area contributed by atoms with E-state index in [1.807, 2.05) is 0 Å². The zero-order chi connectivity index (χ0) is 18.8. The Morgan fingerprint density at radius 2 is 1.76 bits per heavy atom. The molecular formula is C17H25F2N3O3. The molecule has 140 valence electrons. The Morgan fingerprint density at radius 1 is 1.12 bits per heavy atom. The highest BCUT2D eigenvalue weighted by molar-refractivity contribution is 5.98. The van der Waals surface area contributed by atoms with Crippen LogP contribution in [0.1, 0.15) is 24.2 Å². The molecule has 0 heterocycles. The van der Waals surface area contributed by atoms with Crippen LogP contribution in [0.3, 0.4) is 0 Å². The number of carbonyl (C=O) groups excluding carboxylic acids is 2. The summed E-state index contributed by atoms with van der Waals surface area (Å²) in [6, 6.07) is 2.26. The maximum absolute atomic E-state index is 13.7. The van der Waals surface area contributed by atoms with E-state index in [-0.39, 0.29) is 5.92 Å². The molecule has 0 radical (unpaired) electrons. The molecule has 1 unspecified atom stereocenters. The van der Waals surface area contributed by atoms with Crippen molar-refractivity contribution in [3.8, 4) is 0 Å². The number of ether oxygens (including phenoxy) is 1. The van der Waals surface area contributed by atoms with Gasteiger partial charge in [0.05, 0.1) is 6.61 Å². The largest absolute Gasteiger partial charge is 0.383 e. The van der Waals surface area contributed by atoms with Crippen molar-refractivity contribution in [1.82, 2.24) is 16.0 Å². The van der Waals surface area contributed by atoms with Gasteiger partial charge >= 0.3 is 0 Å². The second kappa shape index (κ2) is 10.7. The number of benzene rings is 1. The zero-order valence-electron chi connectivity index (χ0n) is 14.7. The Hall–Kier alpha value is -2.06. The first-order chi connectivity index (χ1) is 11.9. The van der Waals surface area contributed by atoms with Gasteiger partial charge in [-0.05, 0) is 18.1 Å². The molecule has 0 aliphatic carbocycles. The first-order valence-electron chi connectivity index (χ1n) is 8.10. The normalized spacial score (nSPS) is 12.1. The number of nitrogens with one attached hydrogen (secondary N) is 3. The lowest BCUT2D eigenvalue weighted by molar-refractivity contribution is -0.123. The smallest absolute Gasteiger partial charge is 0.257 e. The summed E-state index contributed by atoms with van der Waals surface area (Å²) in [5.41, 5.74) is -0.692. The summed E-state index contributed by atoms with van der Waals surface area (Å²) in [7, 11) is 1.60. The predicted molar refractivity (Wildman–Crippen MR) is 90.2 cm³/mol. The fourth-order valence-corrected chi connectivity index (χ4v) is 2.15. The minimum atomic E-state index is -0.970. The summed E-state index contributed by atoms with van der Waals surface area (Å²) in [5.74, 6) is -3.55. The van der Waals surface area contributed by atoms with Crippen LogP contribution in [0, 0.1) is 17.6 Å². The molecule has 25 heavy (non-hydrogen) atoms. The maximum atomic E-state index is 13.7. The Kier molecular flexibility index (Phi) is 9.01. The van der Waals surface area contributed by atoms with Crippen LogP contribution < -0.4 is 16.0 Å². The van der Waals surface area contributed by atoms with Crippen molar-refractivity contribution < 1.29 is 23.1 Å². The van der Waals surface area contributed by atoms with Crippen LogP contribution in [0.4, 0.5) is 8.78 Å². The summed E-state index contributed by atoms with van der Waals surface area (Å²) < 4.78 is 32.3. The molecule has 0 saturated heterocycles. The second-order valence-corrected chi connectivity index (χ2v) is 5.83. The third-order valence-corrected chi connectivity index (χ3v) is 3.51. The highest BCUT2D eigenvalue weighted by atomic mass is 19.1. The third kappa shape index (κ3) is 6.75. The van der Waals surface area contributed by atoms with Gasteiger partial charge in [-0.15, -0.1) is 0 Å². The fraction of sp³-hybridized carbons (Fsp3) is 0.529. The van der Waals surface area contributed by atoms with E-state index < -0.39 is 35.1 Å². The lowest BCUT2D eigenvalue weighted by atomic mass is 10.0. The zero-order valence-corrected chi connectivity index (χ0v) is 14.7. The number of halogens is 2. The molecule has 8 heteroatoms. The summed E-state index contributed by atoms with van der Waals surface area (Å²) in [4.78, 5) is 24.4. The summed E-state index contributed by atoms with van der Waals surface area (Å²) in [6.07, 6.45) is 0. The molecule has 0 spiro atoms. The van der Waals surface area contributed by atoms with Crippen molar-refractivity contribution in [3.05, 3.63) is 35.4 Å². The summed E-state index contributed by atoms with van der Waals surface area (Å²) >= 11 is 0. The highest BCUT2D eigenvalue weighted by Crippen LogP contribution is 2.13. The van der Waals surface area contributed by atoms with Gasteiger partial charge < -0.3 is 20.7 Å². The van der Waals surface area contributed by atoms with E-state index in [0.717, 1.165) is 12.1 Å². The van der Waals surface area contributed by atoms with Gasteiger partial charge in [0.1, 0.15) is 23.2 Å². The molecule has 3 N–H and O–H groups in total. The van der Waals surface area contributed by atoms with Crippen LogP contribution in [-0.4, -0.2) is 51.2 Å². The van der Waals surface area contributed by atoms with Crippen molar-refractivity contribution in [2.75, 3.05) is 33.4 Å². The molecule has 1 rings (SSSR count). The number of hydrogen-bond acceptors (Lipinski definition) is 4.